The average molecular weight is 310 g/mol. The number of ether oxygens (including phenoxy) is 3. The van der Waals surface area contributed by atoms with E-state index >= 15 is 0 Å². The van der Waals surface area contributed by atoms with Gasteiger partial charge in [0.25, 0.3) is 0 Å². The number of hydrogen-bond acceptors (Lipinski definition) is 6. The fraction of sp³-hybridized carbons (Fsp3) is 0.562. The van der Waals surface area contributed by atoms with E-state index in [1.807, 2.05) is 0 Å². The maximum Gasteiger partial charge on any atom is 0.345 e. The maximum absolute atomic E-state index is 12.2. The zero-order chi connectivity index (χ0) is 16.7. The van der Waals surface area contributed by atoms with Crippen LogP contribution in [0.15, 0.2) is 22.3 Å². The molecule has 1 aliphatic heterocycles. The first-order chi connectivity index (χ1) is 10.5. The lowest BCUT2D eigenvalue weighted by molar-refractivity contribution is -0.146. The lowest BCUT2D eigenvalue weighted by Crippen LogP contribution is -2.21. The van der Waals surface area contributed by atoms with Gasteiger partial charge in [0.15, 0.2) is 5.78 Å². The Hall–Kier alpha value is -1.95. The Balaban J connectivity index is 3.44. The van der Waals surface area contributed by atoms with E-state index in [1.165, 1.54) is 6.92 Å². The van der Waals surface area contributed by atoms with E-state index in [4.69, 9.17) is 14.2 Å². The topological polar surface area (TPSA) is 78.9 Å². The fourth-order valence-electron chi connectivity index (χ4n) is 2.29. The minimum Gasteiger partial charge on any atom is -0.462 e. The van der Waals surface area contributed by atoms with Crippen molar-refractivity contribution < 1.29 is 28.6 Å². The first-order valence-electron chi connectivity index (χ1n) is 7.36. The van der Waals surface area contributed by atoms with Crippen LogP contribution in [-0.4, -0.2) is 44.1 Å². The SMILES string of the molecule is CCOC(=O)C(C(=O)OCC)=C(CC)C1=C(C(C)=O)COC1. The third kappa shape index (κ3) is 4.04. The van der Waals surface area contributed by atoms with Crippen molar-refractivity contribution in [1.29, 1.82) is 0 Å². The van der Waals surface area contributed by atoms with Gasteiger partial charge in [-0.3, -0.25) is 4.79 Å². The van der Waals surface area contributed by atoms with Crippen LogP contribution in [-0.2, 0) is 28.6 Å². The second-order valence-corrected chi connectivity index (χ2v) is 4.65. The van der Waals surface area contributed by atoms with Crippen molar-refractivity contribution in [3.05, 3.63) is 22.3 Å². The summed E-state index contributed by atoms with van der Waals surface area (Å²) in [4.78, 5) is 36.0. The summed E-state index contributed by atoms with van der Waals surface area (Å²) >= 11 is 0. The van der Waals surface area contributed by atoms with E-state index < -0.39 is 11.9 Å². The molecule has 6 nitrogen and oxygen atoms in total. The van der Waals surface area contributed by atoms with E-state index in [2.05, 4.69) is 0 Å². The largest absolute Gasteiger partial charge is 0.462 e. The summed E-state index contributed by atoms with van der Waals surface area (Å²) in [6.45, 7) is 7.23. The highest BCUT2D eigenvalue weighted by Gasteiger charge is 2.30. The van der Waals surface area contributed by atoms with Crippen LogP contribution in [0.2, 0.25) is 0 Å². The van der Waals surface area contributed by atoms with E-state index in [-0.39, 0.29) is 37.8 Å². The molecule has 0 aliphatic carbocycles. The van der Waals surface area contributed by atoms with E-state index in [1.54, 1.807) is 20.8 Å². The average Bonchev–Trinajstić information content (AvgIpc) is 2.94. The Kier molecular flexibility index (Phi) is 6.98. The van der Waals surface area contributed by atoms with Crippen LogP contribution >= 0.6 is 0 Å². The molecule has 22 heavy (non-hydrogen) atoms. The second-order valence-electron chi connectivity index (χ2n) is 4.65. The summed E-state index contributed by atoms with van der Waals surface area (Å²) in [5.74, 6) is -1.61. The van der Waals surface area contributed by atoms with Crippen LogP contribution < -0.4 is 0 Å². The third-order valence-corrected chi connectivity index (χ3v) is 3.26. The lowest BCUT2D eigenvalue weighted by Gasteiger charge is -2.14. The number of carbonyl (C=O) groups excluding carboxylic acids is 3. The van der Waals surface area contributed by atoms with E-state index in [9.17, 15) is 14.4 Å². The number of esters is 2. The smallest absolute Gasteiger partial charge is 0.345 e. The van der Waals surface area contributed by atoms with Crippen molar-refractivity contribution in [2.24, 2.45) is 0 Å². The van der Waals surface area contributed by atoms with Gasteiger partial charge in [-0.25, -0.2) is 9.59 Å². The second kappa shape index (κ2) is 8.48. The van der Waals surface area contributed by atoms with Crippen LogP contribution in [0.4, 0.5) is 0 Å². The minimum atomic E-state index is -0.736. The number of hydrogen-bond donors (Lipinski definition) is 0. The first-order valence-corrected chi connectivity index (χ1v) is 7.36. The highest BCUT2D eigenvalue weighted by atomic mass is 16.6. The van der Waals surface area contributed by atoms with Gasteiger partial charge in [0, 0.05) is 5.57 Å². The number of rotatable bonds is 7. The van der Waals surface area contributed by atoms with E-state index in [0.29, 0.717) is 23.1 Å². The Morgan fingerprint density at radius 1 is 0.955 bits per heavy atom. The van der Waals surface area contributed by atoms with Gasteiger partial charge in [-0.15, -0.1) is 0 Å². The predicted octanol–water partition coefficient (Wildman–Crippen LogP) is 1.74. The minimum absolute atomic E-state index is 0.134. The molecule has 0 radical (unpaired) electrons. The van der Waals surface area contributed by atoms with Crippen molar-refractivity contribution >= 4 is 17.7 Å². The molecule has 1 heterocycles. The molecule has 0 aromatic carbocycles. The summed E-state index contributed by atoms with van der Waals surface area (Å²) < 4.78 is 15.2. The van der Waals surface area contributed by atoms with Crippen LogP contribution in [0.3, 0.4) is 0 Å². The molecule has 0 amide bonds. The molecule has 1 rings (SSSR count). The monoisotopic (exact) mass is 310 g/mol. The Labute approximate surface area is 130 Å². The first kappa shape index (κ1) is 18.1. The van der Waals surface area contributed by atoms with Crippen LogP contribution in [0.1, 0.15) is 34.1 Å². The van der Waals surface area contributed by atoms with Crippen molar-refractivity contribution in [2.45, 2.75) is 34.1 Å². The Morgan fingerprint density at radius 2 is 1.45 bits per heavy atom. The quantitative estimate of drug-likeness (QED) is 0.308. The lowest BCUT2D eigenvalue weighted by atomic mass is 9.93. The zero-order valence-corrected chi connectivity index (χ0v) is 13.5. The summed E-state index contributed by atoms with van der Waals surface area (Å²) in [5, 5.41) is 0. The van der Waals surface area contributed by atoms with Gasteiger partial charge in [-0.05, 0) is 38.3 Å². The molecule has 122 valence electrons. The van der Waals surface area contributed by atoms with Crippen molar-refractivity contribution in [2.75, 3.05) is 26.4 Å². The van der Waals surface area contributed by atoms with Crippen LogP contribution in [0.25, 0.3) is 0 Å². The van der Waals surface area contributed by atoms with Crippen LogP contribution in [0, 0.1) is 0 Å². The normalized spacial score (nSPS) is 13.8. The zero-order valence-electron chi connectivity index (χ0n) is 13.5. The number of ketones is 1. The predicted molar refractivity (Wildman–Crippen MR) is 79.1 cm³/mol. The molecule has 0 N–H and O–H groups in total. The number of Topliss-reactive ketones (excluding diaryl/α,β-unsaturated/α-hetero) is 1. The van der Waals surface area contributed by atoms with Crippen molar-refractivity contribution in [3.63, 3.8) is 0 Å². The molecule has 0 spiro atoms. The highest BCUT2D eigenvalue weighted by Crippen LogP contribution is 2.28. The van der Waals surface area contributed by atoms with Gasteiger partial charge >= 0.3 is 11.9 Å². The van der Waals surface area contributed by atoms with Crippen LogP contribution in [0.5, 0.6) is 0 Å². The van der Waals surface area contributed by atoms with Gasteiger partial charge < -0.3 is 14.2 Å². The molecule has 0 bridgehead atoms. The summed E-state index contributed by atoms with van der Waals surface area (Å²) in [5.41, 5.74) is 1.39. The van der Waals surface area contributed by atoms with Crippen molar-refractivity contribution in [1.82, 2.24) is 0 Å². The standard InChI is InChI=1S/C16H22O6/c1-5-11(13-9-20-8-12(13)10(4)17)14(15(18)21-6-2)16(19)22-7-3/h5-9H2,1-4H3. The molecule has 0 atom stereocenters. The van der Waals surface area contributed by atoms with Gasteiger partial charge in [0.2, 0.25) is 0 Å². The molecule has 0 saturated heterocycles. The maximum atomic E-state index is 12.2. The molecule has 0 saturated carbocycles. The molecular weight excluding hydrogens is 288 g/mol. The Bertz CT molecular complexity index is 507. The summed E-state index contributed by atoms with van der Waals surface area (Å²) in [6, 6.07) is 0. The summed E-state index contributed by atoms with van der Waals surface area (Å²) in [6.07, 6.45) is 0.391. The van der Waals surface area contributed by atoms with E-state index in [0.717, 1.165) is 0 Å². The highest BCUT2D eigenvalue weighted by molar-refractivity contribution is 6.15. The molecule has 0 aromatic rings. The number of carbonyl (C=O) groups is 3. The molecular formula is C16H22O6. The molecule has 0 fully saturated rings. The summed E-state index contributed by atoms with van der Waals surface area (Å²) in [7, 11) is 0. The van der Waals surface area contributed by atoms with Gasteiger partial charge in [-0.1, -0.05) is 6.92 Å². The third-order valence-electron chi connectivity index (χ3n) is 3.26. The molecule has 0 unspecified atom stereocenters. The van der Waals surface area contributed by atoms with Gasteiger partial charge in [0.1, 0.15) is 5.57 Å². The molecule has 0 aromatic heterocycles. The van der Waals surface area contributed by atoms with Gasteiger partial charge in [-0.2, -0.15) is 0 Å². The fourth-order valence-corrected chi connectivity index (χ4v) is 2.29. The molecule has 1 aliphatic rings. The Morgan fingerprint density at radius 3 is 1.86 bits per heavy atom. The van der Waals surface area contributed by atoms with Crippen molar-refractivity contribution in [3.8, 4) is 0 Å². The molecule has 6 heteroatoms. The van der Waals surface area contributed by atoms with Gasteiger partial charge in [0.05, 0.1) is 26.4 Å².